The smallest absolute Gasteiger partial charge is 0.347 e. The van der Waals surface area contributed by atoms with E-state index in [1.807, 2.05) is 17.5 Å². The molecular weight excluding hydrogens is 352 g/mol. The molecule has 1 aromatic carbocycles. The van der Waals surface area contributed by atoms with Crippen molar-refractivity contribution in [3.8, 4) is 16.5 Å². The molecule has 0 N–H and O–H groups in total. The van der Waals surface area contributed by atoms with E-state index in [4.69, 9.17) is 25.6 Å². The molecule has 0 radical (unpaired) electrons. The third-order valence-corrected chi connectivity index (χ3v) is 4.09. The van der Waals surface area contributed by atoms with Crippen LogP contribution in [0.5, 0.6) is 5.75 Å². The molecule has 0 aliphatic heterocycles. The second-order valence-electron chi connectivity index (χ2n) is 4.81. The van der Waals surface area contributed by atoms with Crippen molar-refractivity contribution in [2.24, 2.45) is 0 Å². The molecule has 6 nitrogen and oxygen atoms in total. The maximum absolute atomic E-state index is 12.0. The second kappa shape index (κ2) is 7.46. The topological polar surface area (TPSA) is 74.5 Å². The van der Waals surface area contributed by atoms with Gasteiger partial charge in [0, 0.05) is 5.02 Å². The van der Waals surface area contributed by atoms with Crippen molar-refractivity contribution in [1.82, 2.24) is 10.1 Å². The Bertz CT molecular complexity index is 819. The molecule has 0 aliphatic rings. The van der Waals surface area contributed by atoms with E-state index in [0.29, 0.717) is 16.6 Å². The third kappa shape index (κ3) is 4.12. The van der Waals surface area contributed by atoms with Crippen molar-refractivity contribution in [3.63, 3.8) is 0 Å². The number of benzene rings is 1. The lowest BCUT2D eigenvalue weighted by molar-refractivity contribution is -0.153. The van der Waals surface area contributed by atoms with E-state index in [1.165, 1.54) is 11.3 Å². The number of nitrogens with zero attached hydrogens (tertiary/aromatic N) is 2. The molecule has 0 saturated heterocycles. The zero-order valence-electron chi connectivity index (χ0n) is 12.6. The van der Waals surface area contributed by atoms with Crippen LogP contribution < -0.4 is 4.74 Å². The summed E-state index contributed by atoms with van der Waals surface area (Å²) in [5.74, 6) is 0.650. The van der Waals surface area contributed by atoms with Gasteiger partial charge < -0.3 is 14.0 Å². The average molecular weight is 365 g/mol. The van der Waals surface area contributed by atoms with Crippen LogP contribution >= 0.6 is 22.9 Å². The minimum Gasteiger partial charge on any atom is -0.479 e. The van der Waals surface area contributed by atoms with E-state index < -0.39 is 12.1 Å². The molecule has 1 atom stereocenters. The number of esters is 1. The SMILES string of the molecule is CC(Oc1cccc(Cl)c1)C(=O)OCc1nc(-c2cccs2)no1. The number of rotatable bonds is 6. The lowest BCUT2D eigenvalue weighted by Crippen LogP contribution is -2.26. The van der Waals surface area contributed by atoms with E-state index in [9.17, 15) is 4.79 Å². The summed E-state index contributed by atoms with van der Waals surface area (Å²) < 4.78 is 15.7. The Labute approximate surface area is 147 Å². The Morgan fingerprint density at radius 1 is 1.38 bits per heavy atom. The molecule has 0 aliphatic carbocycles. The monoisotopic (exact) mass is 364 g/mol. The van der Waals surface area contributed by atoms with Gasteiger partial charge in [0.25, 0.3) is 5.89 Å². The highest BCUT2D eigenvalue weighted by Crippen LogP contribution is 2.22. The Morgan fingerprint density at radius 3 is 3.00 bits per heavy atom. The van der Waals surface area contributed by atoms with Crippen LogP contribution in [0.4, 0.5) is 0 Å². The summed E-state index contributed by atoms with van der Waals surface area (Å²) in [6.45, 7) is 1.48. The summed E-state index contributed by atoms with van der Waals surface area (Å²) in [4.78, 5) is 17.0. The number of carbonyl (C=O) groups excluding carboxylic acids is 1. The number of carbonyl (C=O) groups is 1. The van der Waals surface area contributed by atoms with E-state index >= 15 is 0 Å². The molecule has 3 rings (SSSR count). The first kappa shape index (κ1) is 16.5. The quantitative estimate of drug-likeness (QED) is 0.616. The Balaban J connectivity index is 1.53. The molecule has 2 heterocycles. The largest absolute Gasteiger partial charge is 0.479 e. The summed E-state index contributed by atoms with van der Waals surface area (Å²) in [6.07, 6.45) is -0.789. The molecule has 0 fully saturated rings. The van der Waals surface area contributed by atoms with Crippen molar-refractivity contribution >= 4 is 28.9 Å². The number of hydrogen-bond donors (Lipinski definition) is 0. The summed E-state index contributed by atoms with van der Waals surface area (Å²) in [7, 11) is 0. The van der Waals surface area contributed by atoms with E-state index in [-0.39, 0.29) is 12.5 Å². The van der Waals surface area contributed by atoms with Crippen LogP contribution in [0.25, 0.3) is 10.7 Å². The lowest BCUT2D eigenvalue weighted by atomic mass is 10.3. The summed E-state index contributed by atoms with van der Waals surface area (Å²) in [5.41, 5.74) is 0. The number of halogens is 1. The minimum atomic E-state index is -0.789. The van der Waals surface area contributed by atoms with Crippen LogP contribution in [0.15, 0.2) is 46.3 Å². The number of hydrogen-bond acceptors (Lipinski definition) is 7. The molecule has 124 valence electrons. The van der Waals surface area contributed by atoms with Crippen LogP contribution in [0.2, 0.25) is 5.02 Å². The van der Waals surface area contributed by atoms with Gasteiger partial charge in [-0.15, -0.1) is 11.3 Å². The highest BCUT2D eigenvalue weighted by atomic mass is 35.5. The standard InChI is InChI=1S/C16H13ClN2O4S/c1-10(22-12-5-2-4-11(17)8-12)16(20)21-9-14-18-15(19-23-14)13-6-3-7-24-13/h2-8,10H,9H2,1H3. The Kier molecular flexibility index (Phi) is 5.12. The molecule has 0 spiro atoms. The maximum atomic E-state index is 12.0. The fraction of sp³-hybridized carbons (Fsp3) is 0.188. The van der Waals surface area contributed by atoms with Crippen LogP contribution in [0.3, 0.4) is 0 Å². The molecule has 0 saturated carbocycles. The zero-order valence-corrected chi connectivity index (χ0v) is 14.2. The van der Waals surface area contributed by atoms with Crippen molar-refractivity contribution in [2.45, 2.75) is 19.6 Å². The summed E-state index contributed by atoms with van der Waals surface area (Å²) in [6, 6.07) is 10.6. The van der Waals surface area contributed by atoms with Gasteiger partial charge in [0.1, 0.15) is 5.75 Å². The van der Waals surface area contributed by atoms with Crippen molar-refractivity contribution in [3.05, 3.63) is 52.7 Å². The molecule has 3 aromatic rings. The highest BCUT2D eigenvalue weighted by molar-refractivity contribution is 7.13. The van der Waals surface area contributed by atoms with Crippen LogP contribution in [-0.2, 0) is 16.1 Å². The van der Waals surface area contributed by atoms with Crippen molar-refractivity contribution in [2.75, 3.05) is 0 Å². The van der Waals surface area contributed by atoms with Gasteiger partial charge in [0.15, 0.2) is 12.7 Å². The molecule has 24 heavy (non-hydrogen) atoms. The summed E-state index contributed by atoms with van der Waals surface area (Å²) >= 11 is 7.37. The van der Waals surface area contributed by atoms with Gasteiger partial charge in [0.2, 0.25) is 5.82 Å². The van der Waals surface area contributed by atoms with E-state index in [0.717, 1.165) is 4.88 Å². The van der Waals surface area contributed by atoms with Gasteiger partial charge in [-0.2, -0.15) is 4.98 Å². The third-order valence-electron chi connectivity index (χ3n) is 2.99. The van der Waals surface area contributed by atoms with Gasteiger partial charge in [-0.25, -0.2) is 4.79 Å². The Morgan fingerprint density at radius 2 is 2.25 bits per heavy atom. The first-order valence-electron chi connectivity index (χ1n) is 7.07. The van der Waals surface area contributed by atoms with Crippen LogP contribution in [0, 0.1) is 0 Å². The lowest BCUT2D eigenvalue weighted by Gasteiger charge is -2.13. The van der Waals surface area contributed by atoms with E-state index in [1.54, 1.807) is 31.2 Å². The molecule has 2 aromatic heterocycles. The van der Waals surface area contributed by atoms with Crippen molar-refractivity contribution in [1.29, 1.82) is 0 Å². The molecular formula is C16H13ClN2O4S. The first-order chi connectivity index (χ1) is 11.6. The minimum absolute atomic E-state index is 0.111. The fourth-order valence-electron chi connectivity index (χ4n) is 1.86. The predicted octanol–water partition coefficient (Wildman–Crippen LogP) is 3.96. The molecule has 8 heteroatoms. The van der Waals surface area contributed by atoms with Gasteiger partial charge in [-0.1, -0.05) is 28.9 Å². The zero-order chi connectivity index (χ0) is 16.9. The van der Waals surface area contributed by atoms with Gasteiger partial charge >= 0.3 is 5.97 Å². The Hall–Kier alpha value is -2.38. The van der Waals surface area contributed by atoms with Gasteiger partial charge in [-0.05, 0) is 36.6 Å². The van der Waals surface area contributed by atoms with E-state index in [2.05, 4.69) is 10.1 Å². The average Bonchev–Trinajstić information content (AvgIpc) is 3.23. The molecule has 0 bridgehead atoms. The first-order valence-corrected chi connectivity index (χ1v) is 8.33. The second-order valence-corrected chi connectivity index (χ2v) is 6.20. The highest BCUT2D eigenvalue weighted by Gasteiger charge is 2.18. The fourth-order valence-corrected chi connectivity index (χ4v) is 2.69. The molecule has 0 amide bonds. The predicted molar refractivity (Wildman–Crippen MR) is 88.9 cm³/mol. The molecule has 1 unspecified atom stereocenters. The van der Waals surface area contributed by atoms with Crippen LogP contribution in [0.1, 0.15) is 12.8 Å². The number of thiophene rings is 1. The van der Waals surface area contributed by atoms with Crippen LogP contribution in [-0.4, -0.2) is 22.2 Å². The summed E-state index contributed by atoms with van der Waals surface area (Å²) in [5, 5.41) is 6.29. The normalized spacial score (nSPS) is 11.9. The number of aromatic nitrogens is 2. The van der Waals surface area contributed by atoms with Crippen molar-refractivity contribution < 1.29 is 18.8 Å². The van der Waals surface area contributed by atoms with Gasteiger partial charge in [-0.3, -0.25) is 0 Å². The van der Waals surface area contributed by atoms with Gasteiger partial charge in [0.05, 0.1) is 4.88 Å². The number of ether oxygens (including phenoxy) is 2. The maximum Gasteiger partial charge on any atom is 0.347 e.